The fourth-order valence-corrected chi connectivity index (χ4v) is 2.59. The molecule has 0 aromatic carbocycles. The molecule has 0 fully saturated rings. The molecule has 2 aromatic rings. The maximum absolute atomic E-state index is 5.37. The SMILES string of the molecule is CC(Sc1nnnn1C(C)(C)C)c1nc(C(C)(C)C)no1. The summed E-state index contributed by atoms with van der Waals surface area (Å²) >= 11 is 1.51. The fourth-order valence-electron chi connectivity index (χ4n) is 1.59. The van der Waals surface area contributed by atoms with E-state index in [9.17, 15) is 0 Å². The largest absolute Gasteiger partial charge is 0.338 e. The Hall–Kier alpha value is -1.44. The highest BCUT2D eigenvalue weighted by atomic mass is 32.2. The van der Waals surface area contributed by atoms with Gasteiger partial charge in [0, 0.05) is 5.41 Å². The number of hydrogen-bond acceptors (Lipinski definition) is 7. The van der Waals surface area contributed by atoms with E-state index in [1.807, 2.05) is 6.92 Å². The summed E-state index contributed by atoms with van der Waals surface area (Å²) in [4.78, 5) is 4.48. The number of hydrogen-bond donors (Lipinski definition) is 0. The highest BCUT2D eigenvalue weighted by molar-refractivity contribution is 7.99. The molecule has 116 valence electrons. The van der Waals surface area contributed by atoms with Crippen LogP contribution >= 0.6 is 11.8 Å². The molecule has 1 atom stereocenters. The quantitative estimate of drug-likeness (QED) is 0.806. The molecule has 0 saturated carbocycles. The van der Waals surface area contributed by atoms with Crippen molar-refractivity contribution in [3.63, 3.8) is 0 Å². The zero-order valence-electron chi connectivity index (χ0n) is 13.6. The predicted octanol–water partition coefficient (Wildman–Crippen LogP) is 2.96. The molecular weight excluding hydrogens is 288 g/mol. The Kier molecular flexibility index (Phi) is 4.10. The minimum Gasteiger partial charge on any atom is -0.338 e. The summed E-state index contributed by atoms with van der Waals surface area (Å²) in [6.45, 7) is 14.3. The van der Waals surface area contributed by atoms with E-state index in [0.717, 1.165) is 5.16 Å². The summed E-state index contributed by atoms with van der Waals surface area (Å²) in [7, 11) is 0. The third kappa shape index (κ3) is 3.61. The minimum atomic E-state index is -0.170. The molecule has 0 spiro atoms. The molecule has 0 aliphatic heterocycles. The van der Waals surface area contributed by atoms with Crippen LogP contribution in [0.3, 0.4) is 0 Å². The maximum atomic E-state index is 5.37. The monoisotopic (exact) mass is 310 g/mol. The number of thioether (sulfide) groups is 1. The normalized spacial score (nSPS) is 14.4. The lowest BCUT2D eigenvalue weighted by molar-refractivity contribution is 0.320. The minimum absolute atomic E-state index is 0.0132. The van der Waals surface area contributed by atoms with Gasteiger partial charge in [-0.05, 0) is 38.1 Å². The van der Waals surface area contributed by atoms with Crippen molar-refractivity contribution < 1.29 is 4.52 Å². The van der Waals surface area contributed by atoms with Gasteiger partial charge in [0.25, 0.3) is 0 Å². The van der Waals surface area contributed by atoms with Crippen LogP contribution in [0.4, 0.5) is 0 Å². The van der Waals surface area contributed by atoms with Gasteiger partial charge in [-0.3, -0.25) is 0 Å². The van der Waals surface area contributed by atoms with Crippen LogP contribution in [-0.2, 0) is 11.0 Å². The third-order valence-electron chi connectivity index (χ3n) is 2.82. The van der Waals surface area contributed by atoms with E-state index in [4.69, 9.17) is 4.52 Å². The van der Waals surface area contributed by atoms with Crippen molar-refractivity contribution in [1.29, 1.82) is 0 Å². The first kappa shape index (κ1) is 15.9. The topological polar surface area (TPSA) is 82.5 Å². The fraction of sp³-hybridized carbons (Fsp3) is 0.769. The first-order chi connectivity index (χ1) is 9.59. The standard InChI is InChI=1S/C13H22N6OS/c1-8(9-14-10(16-20-9)12(2,3)4)21-11-15-17-18-19(11)13(5,6)7/h8H,1-7H3. The smallest absolute Gasteiger partial charge is 0.239 e. The molecule has 0 bridgehead atoms. The first-order valence-corrected chi connectivity index (χ1v) is 7.76. The molecule has 0 saturated heterocycles. The summed E-state index contributed by atoms with van der Waals surface area (Å²) in [5.41, 5.74) is -0.296. The number of nitrogens with zero attached hydrogens (tertiary/aromatic N) is 6. The van der Waals surface area contributed by atoms with Crippen LogP contribution in [0.2, 0.25) is 0 Å². The molecule has 0 aliphatic carbocycles. The van der Waals surface area contributed by atoms with E-state index in [1.54, 1.807) is 4.68 Å². The van der Waals surface area contributed by atoms with Crippen LogP contribution in [0.5, 0.6) is 0 Å². The van der Waals surface area contributed by atoms with Gasteiger partial charge < -0.3 is 4.52 Å². The molecule has 21 heavy (non-hydrogen) atoms. The molecule has 2 aromatic heterocycles. The van der Waals surface area contributed by atoms with E-state index < -0.39 is 0 Å². The molecule has 1 unspecified atom stereocenters. The van der Waals surface area contributed by atoms with E-state index in [0.29, 0.717) is 11.7 Å². The van der Waals surface area contributed by atoms with Gasteiger partial charge in [0.15, 0.2) is 5.82 Å². The van der Waals surface area contributed by atoms with Crippen molar-refractivity contribution in [2.75, 3.05) is 0 Å². The van der Waals surface area contributed by atoms with Crippen LogP contribution in [0.15, 0.2) is 9.68 Å². The summed E-state index contributed by atoms with van der Waals surface area (Å²) < 4.78 is 7.17. The van der Waals surface area contributed by atoms with E-state index in [-0.39, 0.29) is 16.2 Å². The Balaban J connectivity index is 2.17. The van der Waals surface area contributed by atoms with Gasteiger partial charge in [0.2, 0.25) is 11.0 Å². The highest BCUT2D eigenvalue weighted by Crippen LogP contribution is 2.34. The van der Waals surface area contributed by atoms with Crippen LogP contribution in [0.25, 0.3) is 0 Å². The summed E-state index contributed by atoms with van der Waals surface area (Å²) in [6.07, 6.45) is 0. The van der Waals surface area contributed by atoms with Crippen LogP contribution in [-0.4, -0.2) is 30.3 Å². The molecule has 0 radical (unpaired) electrons. The maximum Gasteiger partial charge on any atom is 0.239 e. The summed E-state index contributed by atoms with van der Waals surface area (Å²) in [5, 5.41) is 16.7. The molecular formula is C13H22N6OS. The molecule has 8 heteroatoms. The van der Waals surface area contributed by atoms with E-state index in [2.05, 4.69) is 67.2 Å². The highest BCUT2D eigenvalue weighted by Gasteiger charge is 2.26. The van der Waals surface area contributed by atoms with Crippen molar-refractivity contribution in [2.45, 2.75) is 69.8 Å². The van der Waals surface area contributed by atoms with Gasteiger partial charge in [-0.2, -0.15) is 4.98 Å². The Morgan fingerprint density at radius 3 is 2.33 bits per heavy atom. The Labute approximate surface area is 128 Å². The van der Waals surface area contributed by atoms with Crippen molar-refractivity contribution in [3.05, 3.63) is 11.7 Å². The van der Waals surface area contributed by atoms with Gasteiger partial charge in [0.1, 0.15) is 0 Å². The third-order valence-corrected chi connectivity index (χ3v) is 3.84. The number of tetrazole rings is 1. The first-order valence-electron chi connectivity index (χ1n) is 6.88. The van der Waals surface area contributed by atoms with Gasteiger partial charge in [-0.25, -0.2) is 4.68 Å². The lowest BCUT2D eigenvalue weighted by Gasteiger charge is -2.20. The molecule has 0 amide bonds. The summed E-state index contributed by atoms with van der Waals surface area (Å²) in [6, 6.07) is 0. The zero-order valence-corrected chi connectivity index (χ0v) is 14.4. The Bertz CT molecular complexity index is 607. The van der Waals surface area contributed by atoms with E-state index >= 15 is 0 Å². The van der Waals surface area contributed by atoms with Crippen LogP contribution in [0.1, 0.15) is 65.4 Å². The molecule has 2 rings (SSSR count). The average Bonchev–Trinajstić information content (AvgIpc) is 2.94. The van der Waals surface area contributed by atoms with Crippen molar-refractivity contribution in [2.24, 2.45) is 0 Å². The zero-order chi connectivity index (χ0) is 15.8. The molecule has 2 heterocycles. The van der Waals surface area contributed by atoms with E-state index in [1.165, 1.54) is 11.8 Å². The van der Waals surface area contributed by atoms with Crippen LogP contribution < -0.4 is 0 Å². The van der Waals surface area contributed by atoms with Gasteiger partial charge in [-0.1, -0.05) is 37.7 Å². The molecule has 7 nitrogen and oxygen atoms in total. The number of aromatic nitrogens is 6. The second-order valence-electron chi connectivity index (χ2n) is 7.01. The number of rotatable bonds is 3. The molecule has 0 aliphatic rings. The second kappa shape index (κ2) is 5.40. The van der Waals surface area contributed by atoms with Crippen LogP contribution in [0, 0.1) is 0 Å². The van der Waals surface area contributed by atoms with Crippen molar-refractivity contribution in [3.8, 4) is 0 Å². The van der Waals surface area contributed by atoms with Gasteiger partial charge >= 0.3 is 0 Å². The Morgan fingerprint density at radius 2 is 1.81 bits per heavy atom. The van der Waals surface area contributed by atoms with Gasteiger partial charge in [-0.15, -0.1) is 5.10 Å². The van der Waals surface area contributed by atoms with Crippen molar-refractivity contribution >= 4 is 11.8 Å². The predicted molar refractivity (Wildman–Crippen MR) is 80.1 cm³/mol. The average molecular weight is 310 g/mol. The second-order valence-corrected chi connectivity index (χ2v) is 8.32. The summed E-state index contributed by atoms with van der Waals surface area (Å²) in [5.74, 6) is 1.30. The van der Waals surface area contributed by atoms with Gasteiger partial charge in [0.05, 0.1) is 10.8 Å². The van der Waals surface area contributed by atoms with Crippen molar-refractivity contribution in [1.82, 2.24) is 30.3 Å². The lowest BCUT2D eigenvalue weighted by atomic mass is 9.96. The Morgan fingerprint density at radius 1 is 1.14 bits per heavy atom. The lowest BCUT2D eigenvalue weighted by Crippen LogP contribution is -2.24. The molecule has 0 N–H and O–H groups in total.